The Balaban J connectivity index is 4.16. The van der Waals surface area contributed by atoms with Gasteiger partial charge in [-0.2, -0.15) is 0 Å². The smallest absolute Gasteiger partial charge is 0.306 e. The van der Waals surface area contributed by atoms with E-state index in [4.69, 9.17) is 18.5 Å². The van der Waals surface area contributed by atoms with Crippen molar-refractivity contribution in [2.45, 2.75) is 238 Å². The molecule has 2 atom stereocenters. The van der Waals surface area contributed by atoms with Gasteiger partial charge in [-0.1, -0.05) is 238 Å². The Bertz CT molecular complexity index is 1700. The van der Waals surface area contributed by atoms with Crippen molar-refractivity contribution in [2.75, 3.05) is 47.5 Å². The molecule has 0 saturated carbocycles. The number of hydrogen-bond donors (Lipinski definition) is 0. The molecule has 0 aliphatic carbocycles. The van der Waals surface area contributed by atoms with E-state index in [1.807, 2.05) is 21.1 Å². The summed E-state index contributed by atoms with van der Waals surface area (Å²) in [5, 5.41) is 0. The summed E-state index contributed by atoms with van der Waals surface area (Å²) >= 11 is 0. The van der Waals surface area contributed by atoms with Crippen LogP contribution in [0.2, 0.25) is 0 Å². The fourth-order valence-corrected chi connectivity index (χ4v) is 8.61. The van der Waals surface area contributed by atoms with E-state index in [1.54, 1.807) is 0 Å². The van der Waals surface area contributed by atoms with Gasteiger partial charge < -0.3 is 27.9 Å². The van der Waals surface area contributed by atoms with Gasteiger partial charge in [0.2, 0.25) is 0 Å². The van der Waals surface area contributed by atoms with Crippen LogP contribution in [0.5, 0.6) is 0 Å². The topological polar surface area (TPSA) is 111 Å². The Hall–Kier alpha value is -3.59. The third-order valence-corrected chi connectivity index (χ3v) is 13.4. The van der Waals surface area contributed by atoms with Gasteiger partial charge in [-0.05, 0) is 103 Å². The van der Waals surface area contributed by atoms with Crippen LogP contribution in [-0.2, 0) is 32.7 Å². The number of hydrogen-bond acceptors (Lipinski definition) is 8. The highest BCUT2D eigenvalue weighted by atomic mass is 31.2. The molecule has 0 rings (SSSR count). The fraction of sp³-hybridized carbons (Fsp3) is 0.667. The zero-order valence-electron chi connectivity index (χ0n) is 49.2. The van der Waals surface area contributed by atoms with Gasteiger partial charge >= 0.3 is 11.9 Å². The number of carbonyl (C=O) groups is 2. The van der Waals surface area contributed by atoms with Crippen LogP contribution in [0, 0.1) is 0 Å². The number of nitrogens with zero attached hydrogens (tertiary/aromatic N) is 1. The molecular formula is C66H112NO8P. The predicted molar refractivity (Wildman–Crippen MR) is 323 cm³/mol. The van der Waals surface area contributed by atoms with Crippen molar-refractivity contribution >= 4 is 19.8 Å². The molecule has 2 unspecified atom stereocenters. The Morgan fingerprint density at radius 3 is 1.05 bits per heavy atom. The largest absolute Gasteiger partial charge is 0.756 e. The molecule has 0 heterocycles. The van der Waals surface area contributed by atoms with Crippen molar-refractivity contribution in [3.63, 3.8) is 0 Å². The molecule has 0 N–H and O–H groups in total. The SMILES string of the molecule is CC/C=C\C/C=C\C/C=C\C/C=C\C/C=C\CCCCCCCCCCCCCCCCCC(=O)OC(COC(=O)CCCCCCC/C=C\C/C=C\C/C=C\C/C=C\C/C=C\CC)COP(=O)([O-])OCC[N+](C)(C)C. The number of phosphoric acid groups is 1. The maximum Gasteiger partial charge on any atom is 0.306 e. The molecule has 0 radical (unpaired) electrons. The quantitative estimate of drug-likeness (QED) is 0.0195. The van der Waals surface area contributed by atoms with Crippen molar-refractivity contribution in [3.8, 4) is 0 Å². The van der Waals surface area contributed by atoms with E-state index in [0.717, 1.165) is 116 Å². The summed E-state index contributed by atoms with van der Waals surface area (Å²) in [4.78, 5) is 37.9. The number of esters is 2. The van der Waals surface area contributed by atoms with Crippen LogP contribution in [0.25, 0.3) is 0 Å². The molecule has 0 saturated heterocycles. The number of quaternary nitrogens is 1. The minimum absolute atomic E-state index is 0.0399. The van der Waals surface area contributed by atoms with Gasteiger partial charge in [0.25, 0.3) is 7.82 Å². The minimum Gasteiger partial charge on any atom is -0.756 e. The second kappa shape index (κ2) is 56.1. The van der Waals surface area contributed by atoms with Crippen LogP contribution in [0.4, 0.5) is 0 Å². The lowest BCUT2D eigenvalue weighted by Crippen LogP contribution is -2.37. The first-order valence-electron chi connectivity index (χ1n) is 30.2. The van der Waals surface area contributed by atoms with Crippen LogP contribution in [0.15, 0.2) is 122 Å². The predicted octanol–water partition coefficient (Wildman–Crippen LogP) is 18.5. The van der Waals surface area contributed by atoms with Crippen LogP contribution in [-0.4, -0.2) is 70.0 Å². The van der Waals surface area contributed by atoms with E-state index < -0.39 is 32.5 Å². The highest BCUT2D eigenvalue weighted by molar-refractivity contribution is 7.45. The second-order valence-electron chi connectivity index (χ2n) is 20.9. The third kappa shape index (κ3) is 59.7. The van der Waals surface area contributed by atoms with Crippen LogP contribution in [0.1, 0.15) is 232 Å². The fourth-order valence-electron chi connectivity index (χ4n) is 7.89. The number of ether oxygens (including phenoxy) is 2. The molecule has 0 amide bonds. The van der Waals surface area contributed by atoms with E-state index in [9.17, 15) is 19.0 Å². The number of allylic oxidation sites excluding steroid dienone is 20. The minimum atomic E-state index is -4.65. The van der Waals surface area contributed by atoms with E-state index >= 15 is 0 Å². The van der Waals surface area contributed by atoms with Crippen molar-refractivity contribution in [2.24, 2.45) is 0 Å². The molecule has 9 nitrogen and oxygen atoms in total. The van der Waals surface area contributed by atoms with Crippen molar-refractivity contribution in [1.82, 2.24) is 0 Å². The Kier molecular flexibility index (Phi) is 53.5. The van der Waals surface area contributed by atoms with Crippen molar-refractivity contribution in [1.29, 1.82) is 0 Å². The lowest BCUT2D eigenvalue weighted by atomic mass is 10.0. The normalized spacial score (nSPS) is 14.1. The highest BCUT2D eigenvalue weighted by Gasteiger charge is 2.22. The maximum absolute atomic E-state index is 12.8. The van der Waals surface area contributed by atoms with E-state index in [1.165, 1.54) is 77.0 Å². The molecule has 0 fully saturated rings. The summed E-state index contributed by atoms with van der Waals surface area (Å²) in [6.45, 7) is 3.99. The molecule has 0 aromatic heterocycles. The van der Waals surface area contributed by atoms with E-state index in [-0.39, 0.29) is 26.1 Å². The lowest BCUT2D eigenvalue weighted by Gasteiger charge is -2.28. The molecule has 0 spiro atoms. The average Bonchev–Trinajstić information content (AvgIpc) is 3.38. The summed E-state index contributed by atoms with van der Waals surface area (Å²) in [5.74, 6) is -0.860. The summed E-state index contributed by atoms with van der Waals surface area (Å²) in [7, 11) is 1.14. The highest BCUT2D eigenvalue weighted by Crippen LogP contribution is 2.38. The molecule has 10 heteroatoms. The van der Waals surface area contributed by atoms with Gasteiger partial charge in [0, 0.05) is 12.8 Å². The molecule has 0 aliphatic heterocycles. The van der Waals surface area contributed by atoms with E-state index in [2.05, 4.69) is 135 Å². The molecule has 0 bridgehead atoms. The number of rotatable bonds is 54. The Labute approximate surface area is 467 Å². The first kappa shape index (κ1) is 72.4. The first-order chi connectivity index (χ1) is 37.0. The zero-order valence-corrected chi connectivity index (χ0v) is 50.0. The molecule has 0 aromatic carbocycles. The molecule has 0 aromatic rings. The average molecular weight is 1080 g/mol. The van der Waals surface area contributed by atoms with Crippen molar-refractivity contribution in [3.05, 3.63) is 122 Å². The Morgan fingerprint density at radius 1 is 0.408 bits per heavy atom. The monoisotopic (exact) mass is 1080 g/mol. The third-order valence-electron chi connectivity index (χ3n) is 12.5. The maximum atomic E-state index is 12.8. The van der Waals surface area contributed by atoms with Gasteiger partial charge in [0.1, 0.15) is 19.8 Å². The van der Waals surface area contributed by atoms with Gasteiger partial charge in [-0.3, -0.25) is 14.2 Å². The second-order valence-corrected chi connectivity index (χ2v) is 22.4. The van der Waals surface area contributed by atoms with E-state index in [0.29, 0.717) is 23.9 Å². The molecule has 0 aliphatic rings. The number of carbonyl (C=O) groups excluding carboxylic acids is 2. The van der Waals surface area contributed by atoms with Gasteiger partial charge in [-0.15, -0.1) is 0 Å². The van der Waals surface area contributed by atoms with Crippen LogP contribution < -0.4 is 4.89 Å². The molecular weight excluding hydrogens is 966 g/mol. The number of phosphoric ester groups is 1. The van der Waals surface area contributed by atoms with Crippen LogP contribution >= 0.6 is 7.82 Å². The summed E-state index contributed by atoms with van der Waals surface area (Å²) in [5.41, 5.74) is 0. The van der Waals surface area contributed by atoms with Gasteiger partial charge in [0.05, 0.1) is 27.7 Å². The summed E-state index contributed by atoms with van der Waals surface area (Å²) in [6.07, 6.45) is 79.6. The van der Waals surface area contributed by atoms with Crippen molar-refractivity contribution < 1.29 is 42.1 Å². The van der Waals surface area contributed by atoms with Gasteiger partial charge in [0.15, 0.2) is 6.10 Å². The lowest BCUT2D eigenvalue weighted by molar-refractivity contribution is -0.870. The summed E-state index contributed by atoms with van der Waals surface area (Å²) < 4.78 is 34.2. The number of likely N-dealkylation sites (N-methyl/N-ethyl adjacent to an activating group) is 1. The van der Waals surface area contributed by atoms with Crippen LogP contribution in [0.3, 0.4) is 0 Å². The summed E-state index contributed by atoms with van der Waals surface area (Å²) in [6, 6.07) is 0. The van der Waals surface area contributed by atoms with Gasteiger partial charge in [-0.25, -0.2) is 0 Å². The Morgan fingerprint density at radius 2 is 0.711 bits per heavy atom. The standard InChI is InChI=1S/C66H112NO8P/c1-6-8-10-12-14-16-18-20-22-24-26-28-29-30-31-32-33-34-35-36-37-39-41-43-45-47-49-51-53-55-57-59-66(69)75-64(63-74-76(70,71)73-61-60-67(3,4)5)62-72-65(68)58-56-54-52-50-48-46-44-42-40-38-27-25-23-21-19-17-15-13-11-9-7-2/h8-11,14-17,20-23,26-28,30-31,38,42,44,64H,6-7,12-13,18-19,24-25,29,32-37,39-41,43,45-63H2,1-5H3/b10-8-,11-9-,16-14-,17-15-,22-20-,23-21-,28-26-,31-30-,38-27-,44-42-. The zero-order chi connectivity index (χ0) is 55.6. The first-order valence-corrected chi connectivity index (χ1v) is 31.7. The molecule has 76 heavy (non-hydrogen) atoms. The molecule has 434 valence electrons. The number of unbranched alkanes of at least 4 members (excludes halogenated alkanes) is 20.